The van der Waals surface area contributed by atoms with Crippen molar-refractivity contribution in [3.05, 3.63) is 52.1 Å². The third-order valence-corrected chi connectivity index (χ3v) is 7.54. The number of nitro groups is 1. The number of nitro benzene ring substituents is 1. The van der Waals surface area contributed by atoms with Crippen molar-refractivity contribution in [2.75, 3.05) is 47.5 Å². The van der Waals surface area contributed by atoms with E-state index in [4.69, 9.17) is 14.2 Å². The lowest BCUT2D eigenvalue weighted by Gasteiger charge is -2.34. The summed E-state index contributed by atoms with van der Waals surface area (Å²) in [6, 6.07) is 8.36. The van der Waals surface area contributed by atoms with Crippen molar-refractivity contribution in [3.63, 3.8) is 0 Å². The van der Waals surface area contributed by atoms with E-state index in [0.717, 1.165) is 17.7 Å². The maximum atomic E-state index is 12.8. The maximum Gasteiger partial charge on any atom is 0.269 e. The van der Waals surface area contributed by atoms with Crippen molar-refractivity contribution in [3.8, 4) is 17.2 Å². The van der Waals surface area contributed by atoms with Crippen molar-refractivity contribution in [1.29, 1.82) is 0 Å². The van der Waals surface area contributed by atoms with Gasteiger partial charge in [-0.05, 0) is 36.2 Å². The van der Waals surface area contributed by atoms with E-state index in [1.807, 2.05) is 0 Å². The number of non-ortho nitro benzene ring substituents is 1. The number of hydrogen-bond acceptors (Lipinski definition) is 8. The molecule has 0 bridgehead atoms. The van der Waals surface area contributed by atoms with Gasteiger partial charge in [-0.3, -0.25) is 14.9 Å². The van der Waals surface area contributed by atoms with Crippen molar-refractivity contribution in [1.82, 2.24) is 9.21 Å². The predicted molar refractivity (Wildman–Crippen MR) is 123 cm³/mol. The molecule has 0 saturated carbocycles. The summed E-state index contributed by atoms with van der Waals surface area (Å²) < 4.78 is 43.0. The molecule has 0 radical (unpaired) electrons. The van der Waals surface area contributed by atoms with Gasteiger partial charge in [0.2, 0.25) is 21.7 Å². The number of hydrogen-bond donors (Lipinski definition) is 0. The first-order valence-electron chi connectivity index (χ1n) is 10.5. The monoisotopic (exact) mass is 493 g/mol. The molecule has 12 heteroatoms. The molecule has 1 aliphatic rings. The molecule has 2 aromatic carbocycles. The molecule has 1 saturated heterocycles. The topological polar surface area (TPSA) is 129 Å². The zero-order valence-corrected chi connectivity index (χ0v) is 20.0. The highest BCUT2D eigenvalue weighted by Crippen LogP contribution is 2.38. The molecule has 11 nitrogen and oxygen atoms in total. The number of aryl methyl sites for hydroxylation is 1. The van der Waals surface area contributed by atoms with Crippen LogP contribution in [0.25, 0.3) is 0 Å². The number of carbonyl (C=O) groups is 1. The van der Waals surface area contributed by atoms with E-state index < -0.39 is 14.9 Å². The zero-order valence-electron chi connectivity index (χ0n) is 19.2. The standard InChI is InChI=1S/C22H27N3O8S/c1-31-19-14-16(15-20(32-2)22(19)33-3)4-9-21(26)23-10-12-24(13-11-23)34(29,30)18-7-5-17(6-8-18)25(27)28/h5-8,14-15H,4,9-13H2,1-3H3. The Hall–Kier alpha value is -3.38. The SMILES string of the molecule is COc1cc(CCC(=O)N2CCN(S(=O)(=O)c3ccc([N+](=O)[O-])cc3)CC2)cc(OC)c1OC. The smallest absolute Gasteiger partial charge is 0.269 e. The van der Waals surface area contributed by atoms with Gasteiger partial charge in [-0.25, -0.2) is 8.42 Å². The fourth-order valence-corrected chi connectivity index (χ4v) is 5.18. The van der Waals surface area contributed by atoms with Gasteiger partial charge in [-0.15, -0.1) is 0 Å². The van der Waals surface area contributed by atoms with Gasteiger partial charge in [0.25, 0.3) is 5.69 Å². The Balaban J connectivity index is 1.59. The lowest BCUT2D eigenvalue weighted by molar-refractivity contribution is -0.384. The van der Waals surface area contributed by atoms with Crippen LogP contribution in [-0.2, 0) is 21.2 Å². The second-order valence-electron chi connectivity index (χ2n) is 7.57. The van der Waals surface area contributed by atoms with Crippen LogP contribution in [-0.4, -0.2) is 76.0 Å². The molecule has 0 aliphatic carbocycles. The Morgan fingerprint density at radius 3 is 2.00 bits per heavy atom. The number of piperazine rings is 1. The minimum Gasteiger partial charge on any atom is -0.493 e. The number of carbonyl (C=O) groups excluding carboxylic acids is 1. The fraction of sp³-hybridized carbons (Fsp3) is 0.409. The molecular weight excluding hydrogens is 466 g/mol. The van der Waals surface area contributed by atoms with Crippen LogP contribution in [0.5, 0.6) is 17.2 Å². The Morgan fingerprint density at radius 2 is 1.53 bits per heavy atom. The average Bonchev–Trinajstić information content (AvgIpc) is 2.86. The first-order valence-corrected chi connectivity index (χ1v) is 12.0. The zero-order chi connectivity index (χ0) is 24.9. The van der Waals surface area contributed by atoms with Gasteiger partial charge in [0, 0.05) is 44.7 Å². The van der Waals surface area contributed by atoms with Crippen molar-refractivity contribution >= 4 is 21.6 Å². The maximum absolute atomic E-state index is 12.8. The Morgan fingerprint density at radius 1 is 0.971 bits per heavy atom. The van der Waals surface area contributed by atoms with Gasteiger partial charge in [0.05, 0.1) is 31.1 Å². The van der Waals surface area contributed by atoms with Crippen LogP contribution in [0.2, 0.25) is 0 Å². The predicted octanol–water partition coefficient (Wildman–Crippen LogP) is 2.09. The summed E-state index contributed by atoms with van der Waals surface area (Å²) in [6.45, 7) is 0.824. The molecule has 0 atom stereocenters. The highest BCUT2D eigenvalue weighted by atomic mass is 32.2. The Kier molecular flexibility index (Phi) is 7.94. The van der Waals surface area contributed by atoms with E-state index in [9.17, 15) is 23.3 Å². The van der Waals surface area contributed by atoms with Crippen LogP contribution in [0.15, 0.2) is 41.3 Å². The quantitative estimate of drug-likeness (QED) is 0.384. The molecule has 0 spiro atoms. The van der Waals surface area contributed by atoms with Gasteiger partial charge in [0.1, 0.15) is 0 Å². The number of nitrogens with zero attached hydrogens (tertiary/aromatic N) is 3. The summed E-state index contributed by atoms with van der Waals surface area (Å²) >= 11 is 0. The van der Waals surface area contributed by atoms with E-state index in [0.29, 0.717) is 23.7 Å². The second kappa shape index (κ2) is 10.7. The molecule has 0 N–H and O–H groups in total. The molecule has 1 aliphatic heterocycles. The van der Waals surface area contributed by atoms with Crippen molar-refractivity contribution < 1.29 is 32.3 Å². The fourth-order valence-electron chi connectivity index (χ4n) is 3.76. The lowest BCUT2D eigenvalue weighted by atomic mass is 10.1. The van der Waals surface area contributed by atoms with Crippen LogP contribution in [0.3, 0.4) is 0 Å². The second-order valence-corrected chi connectivity index (χ2v) is 9.51. The van der Waals surface area contributed by atoms with Crippen LogP contribution in [0.1, 0.15) is 12.0 Å². The summed E-state index contributed by atoms with van der Waals surface area (Å²) in [7, 11) is 0.770. The van der Waals surface area contributed by atoms with Gasteiger partial charge in [-0.2, -0.15) is 4.31 Å². The Bertz CT molecular complexity index is 1120. The van der Waals surface area contributed by atoms with E-state index in [1.54, 1.807) is 17.0 Å². The highest BCUT2D eigenvalue weighted by molar-refractivity contribution is 7.89. The van der Waals surface area contributed by atoms with Crippen LogP contribution >= 0.6 is 0 Å². The average molecular weight is 494 g/mol. The molecule has 34 heavy (non-hydrogen) atoms. The van der Waals surface area contributed by atoms with Crippen molar-refractivity contribution in [2.45, 2.75) is 17.7 Å². The molecule has 0 aromatic heterocycles. The highest BCUT2D eigenvalue weighted by Gasteiger charge is 2.30. The summed E-state index contributed by atoms with van der Waals surface area (Å²) in [5.41, 5.74) is 0.670. The number of amides is 1. The summed E-state index contributed by atoms with van der Waals surface area (Å²) in [4.78, 5) is 24.6. The van der Waals surface area contributed by atoms with E-state index in [1.165, 1.54) is 37.8 Å². The number of ether oxygens (including phenoxy) is 3. The number of methoxy groups -OCH3 is 3. The van der Waals surface area contributed by atoms with Gasteiger partial charge in [0.15, 0.2) is 11.5 Å². The lowest BCUT2D eigenvalue weighted by Crippen LogP contribution is -2.50. The summed E-state index contributed by atoms with van der Waals surface area (Å²) in [5, 5.41) is 10.8. The van der Waals surface area contributed by atoms with Crippen LogP contribution in [0, 0.1) is 10.1 Å². The van der Waals surface area contributed by atoms with Crippen molar-refractivity contribution in [2.24, 2.45) is 0 Å². The normalized spacial score (nSPS) is 14.5. The minimum absolute atomic E-state index is 0.0136. The molecule has 184 valence electrons. The van der Waals surface area contributed by atoms with Crippen LogP contribution in [0.4, 0.5) is 5.69 Å². The molecule has 0 unspecified atom stereocenters. The number of rotatable bonds is 9. The molecule has 1 amide bonds. The molecule has 2 aromatic rings. The molecule has 3 rings (SSSR count). The summed E-state index contributed by atoms with van der Waals surface area (Å²) in [5.74, 6) is 1.41. The Labute approximate surface area is 198 Å². The number of sulfonamides is 1. The molecule has 1 fully saturated rings. The molecular formula is C22H27N3O8S. The van der Waals surface area contributed by atoms with Gasteiger partial charge < -0.3 is 19.1 Å². The van der Waals surface area contributed by atoms with Gasteiger partial charge >= 0.3 is 0 Å². The first-order chi connectivity index (χ1) is 16.2. The molecule has 1 heterocycles. The third-order valence-electron chi connectivity index (χ3n) is 5.63. The van der Waals surface area contributed by atoms with E-state index >= 15 is 0 Å². The van der Waals surface area contributed by atoms with Gasteiger partial charge in [-0.1, -0.05) is 0 Å². The van der Waals surface area contributed by atoms with Crippen LogP contribution < -0.4 is 14.2 Å². The third kappa shape index (κ3) is 5.39. The first kappa shape index (κ1) is 25.2. The van der Waals surface area contributed by atoms with E-state index in [2.05, 4.69) is 0 Å². The minimum atomic E-state index is -3.80. The van der Waals surface area contributed by atoms with E-state index in [-0.39, 0.29) is 49.1 Å². The summed E-state index contributed by atoms with van der Waals surface area (Å²) in [6.07, 6.45) is 0.699. The largest absolute Gasteiger partial charge is 0.493 e. The number of benzene rings is 2.